The quantitative estimate of drug-likeness (QED) is 0.334. The van der Waals surface area contributed by atoms with Crippen LogP contribution in [0.3, 0.4) is 0 Å². The summed E-state index contributed by atoms with van der Waals surface area (Å²) in [6.07, 6.45) is 2.53. The summed E-state index contributed by atoms with van der Waals surface area (Å²) in [7, 11) is 0. The van der Waals surface area contributed by atoms with Crippen molar-refractivity contribution in [3.63, 3.8) is 0 Å². The maximum Gasteiger partial charge on any atom is 0.337 e. The smallest absolute Gasteiger partial charge is 0.337 e. The molecule has 0 aromatic heterocycles. The Labute approximate surface area is 130 Å². The molecule has 0 atom stereocenters. The third-order valence-corrected chi connectivity index (χ3v) is 2.92. The van der Waals surface area contributed by atoms with Gasteiger partial charge in [0.15, 0.2) is 11.5 Å². The Hall–Kier alpha value is -3.48. The number of aromatic carboxylic acids is 1. The maximum atomic E-state index is 11.8. The molecule has 0 heterocycles. The van der Waals surface area contributed by atoms with E-state index in [4.69, 9.17) is 5.11 Å². The molecule has 0 aliphatic heterocycles. The van der Waals surface area contributed by atoms with E-state index in [1.54, 1.807) is 0 Å². The number of carboxylic acid groups (broad SMARTS) is 1. The van der Waals surface area contributed by atoms with Crippen molar-refractivity contribution in [2.24, 2.45) is 0 Å². The van der Waals surface area contributed by atoms with E-state index in [0.29, 0.717) is 5.56 Å². The van der Waals surface area contributed by atoms with E-state index in [9.17, 15) is 24.9 Å². The van der Waals surface area contributed by atoms with Gasteiger partial charge in [-0.25, -0.2) is 4.79 Å². The van der Waals surface area contributed by atoms with Gasteiger partial charge in [-0.3, -0.25) is 4.79 Å². The zero-order valence-corrected chi connectivity index (χ0v) is 11.7. The van der Waals surface area contributed by atoms with Crippen LogP contribution in [0.2, 0.25) is 0 Å². The monoisotopic (exact) mass is 315 g/mol. The molecule has 0 aliphatic carbocycles. The van der Waals surface area contributed by atoms with E-state index < -0.39 is 11.9 Å². The minimum absolute atomic E-state index is 0.0403. The van der Waals surface area contributed by atoms with Crippen molar-refractivity contribution in [3.8, 4) is 17.2 Å². The average Bonchev–Trinajstić information content (AvgIpc) is 2.50. The molecule has 2 aromatic rings. The Morgan fingerprint density at radius 1 is 0.957 bits per heavy atom. The molecule has 7 heteroatoms. The predicted molar refractivity (Wildman–Crippen MR) is 82.5 cm³/mol. The van der Waals surface area contributed by atoms with Crippen LogP contribution in [0.1, 0.15) is 15.9 Å². The number of hydrogen-bond acceptors (Lipinski definition) is 5. The van der Waals surface area contributed by atoms with Gasteiger partial charge in [0.25, 0.3) is 0 Å². The molecule has 2 rings (SSSR count). The highest BCUT2D eigenvalue weighted by Crippen LogP contribution is 2.25. The van der Waals surface area contributed by atoms with E-state index in [1.807, 2.05) is 0 Å². The van der Waals surface area contributed by atoms with Crippen LogP contribution in [0, 0.1) is 0 Å². The number of hydrogen-bond donors (Lipinski definition) is 5. The molecule has 118 valence electrons. The van der Waals surface area contributed by atoms with Crippen molar-refractivity contribution >= 4 is 23.6 Å². The Bertz CT molecular complexity index is 797. The fourth-order valence-electron chi connectivity index (χ4n) is 1.81. The van der Waals surface area contributed by atoms with Gasteiger partial charge in [-0.2, -0.15) is 0 Å². The summed E-state index contributed by atoms with van der Waals surface area (Å²) in [4.78, 5) is 22.9. The molecule has 23 heavy (non-hydrogen) atoms. The van der Waals surface area contributed by atoms with Gasteiger partial charge in [0, 0.05) is 6.08 Å². The van der Waals surface area contributed by atoms with E-state index in [-0.39, 0.29) is 28.5 Å². The second kappa shape index (κ2) is 6.52. The van der Waals surface area contributed by atoms with Crippen LogP contribution in [0.4, 0.5) is 5.69 Å². The average molecular weight is 315 g/mol. The topological polar surface area (TPSA) is 127 Å². The van der Waals surface area contributed by atoms with Gasteiger partial charge < -0.3 is 25.7 Å². The lowest BCUT2D eigenvalue weighted by molar-refractivity contribution is -0.111. The Balaban J connectivity index is 2.15. The minimum Gasteiger partial charge on any atom is -0.508 e. The number of carbonyl (C=O) groups is 2. The number of carbonyl (C=O) groups excluding carboxylic acids is 1. The molecule has 1 amide bonds. The molecular weight excluding hydrogens is 302 g/mol. The molecule has 0 unspecified atom stereocenters. The largest absolute Gasteiger partial charge is 0.508 e. The summed E-state index contributed by atoms with van der Waals surface area (Å²) in [5.74, 6) is -2.70. The number of rotatable bonds is 4. The number of carboxylic acids is 1. The van der Waals surface area contributed by atoms with E-state index in [1.165, 1.54) is 36.4 Å². The van der Waals surface area contributed by atoms with Crippen LogP contribution in [0.15, 0.2) is 42.5 Å². The van der Waals surface area contributed by atoms with Crippen molar-refractivity contribution in [2.45, 2.75) is 0 Å². The molecule has 0 saturated heterocycles. The van der Waals surface area contributed by atoms with Crippen molar-refractivity contribution in [1.82, 2.24) is 0 Å². The number of benzene rings is 2. The lowest BCUT2D eigenvalue weighted by Crippen LogP contribution is -2.11. The van der Waals surface area contributed by atoms with Gasteiger partial charge in [-0.15, -0.1) is 0 Å². The Morgan fingerprint density at radius 2 is 1.70 bits per heavy atom. The summed E-state index contributed by atoms with van der Waals surface area (Å²) in [5.41, 5.74) is 0.271. The molecule has 0 radical (unpaired) electrons. The highest BCUT2D eigenvalue weighted by atomic mass is 16.4. The first-order valence-electron chi connectivity index (χ1n) is 6.44. The van der Waals surface area contributed by atoms with Gasteiger partial charge in [0.2, 0.25) is 5.91 Å². The summed E-state index contributed by atoms with van der Waals surface area (Å²) >= 11 is 0. The van der Waals surface area contributed by atoms with Crippen molar-refractivity contribution in [2.75, 3.05) is 5.32 Å². The van der Waals surface area contributed by atoms with E-state index in [0.717, 1.165) is 12.1 Å². The van der Waals surface area contributed by atoms with Gasteiger partial charge in [0.05, 0.1) is 11.3 Å². The first kappa shape index (κ1) is 15.9. The van der Waals surface area contributed by atoms with Crippen LogP contribution in [0.5, 0.6) is 17.2 Å². The lowest BCUT2D eigenvalue weighted by atomic mass is 10.1. The van der Waals surface area contributed by atoms with Gasteiger partial charge in [-0.05, 0) is 42.0 Å². The molecule has 0 bridgehead atoms. The van der Waals surface area contributed by atoms with Crippen LogP contribution >= 0.6 is 0 Å². The third-order valence-electron chi connectivity index (χ3n) is 2.92. The van der Waals surface area contributed by atoms with E-state index >= 15 is 0 Å². The summed E-state index contributed by atoms with van der Waals surface area (Å²) in [6, 6.07) is 7.58. The van der Waals surface area contributed by atoms with Crippen molar-refractivity contribution in [1.29, 1.82) is 0 Å². The zero-order chi connectivity index (χ0) is 17.0. The van der Waals surface area contributed by atoms with Crippen LogP contribution < -0.4 is 5.32 Å². The fraction of sp³-hybridized carbons (Fsp3) is 0. The van der Waals surface area contributed by atoms with Crippen LogP contribution in [0.25, 0.3) is 6.08 Å². The fourth-order valence-corrected chi connectivity index (χ4v) is 1.81. The van der Waals surface area contributed by atoms with Crippen LogP contribution in [-0.2, 0) is 4.79 Å². The third kappa shape index (κ3) is 4.01. The summed E-state index contributed by atoms with van der Waals surface area (Å²) in [5, 5.41) is 39.3. The molecule has 5 N–H and O–H groups in total. The second-order valence-electron chi connectivity index (χ2n) is 4.61. The predicted octanol–water partition coefficient (Wildman–Crippen LogP) is 2.15. The highest BCUT2D eigenvalue weighted by Gasteiger charge is 2.12. The molecule has 0 aliphatic rings. The molecule has 2 aromatic carbocycles. The number of anilines is 1. The molecule has 0 spiro atoms. The summed E-state index contributed by atoms with van der Waals surface area (Å²) < 4.78 is 0. The summed E-state index contributed by atoms with van der Waals surface area (Å²) in [6.45, 7) is 0. The lowest BCUT2D eigenvalue weighted by Gasteiger charge is -2.07. The van der Waals surface area contributed by atoms with Gasteiger partial charge in [0.1, 0.15) is 5.75 Å². The van der Waals surface area contributed by atoms with Crippen LogP contribution in [-0.4, -0.2) is 32.3 Å². The zero-order valence-electron chi connectivity index (χ0n) is 11.7. The highest BCUT2D eigenvalue weighted by molar-refractivity contribution is 6.06. The van der Waals surface area contributed by atoms with Gasteiger partial charge in [-0.1, -0.05) is 6.07 Å². The first-order valence-corrected chi connectivity index (χ1v) is 6.44. The molecular formula is C16H13NO6. The normalized spacial score (nSPS) is 10.6. The number of amides is 1. The van der Waals surface area contributed by atoms with E-state index in [2.05, 4.69) is 5.32 Å². The number of phenols is 3. The Kier molecular flexibility index (Phi) is 4.51. The first-order chi connectivity index (χ1) is 10.9. The molecule has 7 nitrogen and oxygen atoms in total. The molecule has 0 saturated carbocycles. The van der Waals surface area contributed by atoms with Crippen molar-refractivity contribution in [3.05, 3.63) is 53.6 Å². The number of aromatic hydroxyl groups is 3. The number of nitrogens with one attached hydrogen (secondary N) is 1. The standard InChI is InChI=1S/C16H13NO6/c18-10-3-4-12(11(8-10)16(22)23)17-15(21)6-2-9-1-5-13(19)14(20)7-9/h1-8,18-20H,(H,17,21)(H,22,23)/b6-2+. The second-order valence-corrected chi connectivity index (χ2v) is 4.61. The SMILES string of the molecule is O=C(/C=C/c1ccc(O)c(O)c1)Nc1ccc(O)cc1C(=O)O. The maximum absolute atomic E-state index is 11.8. The Morgan fingerprint density at radius 3 is 2.35 bits per heavy atom. The van der Waals surface area contributed by atoms with Gasteiger partial charge >= 0.3 is 5.97 Å². The minimum atomic E-state index is -1.29. The molecule has 0 fully saturated rings. The number of phenolic OH excluding ortho intramolecular Hbond substituents is 3. The van der Waals surface area contributed by atoms with Crippen molar-refractivity contribution < 1.29 is 30.0 Å².